The van der Waals surface area contributed by atoms with Crippen molar-refractivity contribution in [2.45, 2.75) is 37.0 Å². The van der Waals surface area contributed by atoms with Gasteiger partial charge in [0.25, 0.3) is 0 Å². The molecule has 0 heterocycles. The highest BCUT2D eigenvalue weighted by molar-refractivity contribution is 7.99. The molecule has 0 saturated heterocycles. The Balaban J connectivity index is 1.93. The molecule has 0 radical (unpaired) electrons. The molecule has 2 aromatic rings. The van der Waals surface area contributed by atoms with Gasteiger partial charge in [-0.3, -0.25) is 4.79 Å². The zero-order valence-corrected chi connectivity index (χ0v) is 16.1. The van der Waals surface area contributed by atoms with Crippen molar-refractivity contribution in [3.63, 3.8) is 0 Å². The Morgan fingerprint density at radius 1 is 1.04 bits per heavy atom. The van der Waals surface area contributed by atoms with Crippen LogP contribution in [0.5, 0.6) is 0 Å². The Labute approximate surface area is 153 Å². The summed E-state index contributed by atoms with van der Waals surface area (Å²) >= 11 is 1.62. The highest BCUT2D eigenvalue weighted by atomic mass is 32.2. The van der Waals surface area contributed by atoms with Crippen molar-refractivity contribution >= 4 is 33.4 Å². The minimum absolute atomic E-state index is 0.0230. The molecule has 2 rings (SSSR count). The second-order valence-electron chi connectivity index (χ2n) is 5.92. The van der Waals surface area contributed by atoms with Crippen LogP contribution in [0.4, 0.5) is 5.69 Å². The number of aryl methyl sites for hydroxylation is 3. The van der Waals surface area contributed by atoms with Crippen LogP contribution in [0, 0.1) is 20.8 Å². The topological polar surface area (TPSA) is 89.3 Å². The molecule has 0 spiro atoms. The van der Waals surface area contributed by atoms with Crippen LogP contribution < -0.4 is 10.5 Å². The van der Waals surface area contributed by atoms with E-state index < -0.39 is 10.0 Å². The third-order valence-corrected chi connectivity index (χ3v) is 5.90. The van der Waals surface area contributed by atoms with Gasteiger partial charge in [-0.1, -0.05) is 12.1 Å². The predicted octanol–water partition coefficient (Wildman–Crippen LogP) is 3.38. The number of benzene rings is 2. The van der Waals surface area contributed by atoms with E-state index in [1.54, 1.807) is 30.8 Å². The highest BCUT2D eigenvalue weighted by Gasteiger charge is 2.13. The van der Waals surface area contributed by atoms with Crippen LogP contribution in [-0.2, 0) is 14.8 Å². The molecule has 7 heteroatoms. The number of hydrogen-bond donors (Lipinski definition) is 2. The molecular weight excluding hydrogens is 356 g/mol. The smallest absolute Gasteiger partial charge is 0.238 e. The number of sulfonamides is 1. The predicted molar refractivity (Wildman–Crippen MR) is 102 cm³/mol. The summed E-state index contributed by atoms with van der Waals surface area (Å²) in [6.45, 7) is 5.78. The first kappa shape index (κ1) is 19.5. The van der Waals surface area contributed by atoms with Gasteiger partial charge in [0.15, 0.2) is 0 Å². The fourth-order valence-electron chi connectivity index (χ4n) is 2.27. The van der Waals surface area contributed by atoms with E-state index in [2.05, 4.69) is 31.3 Å². The van der Waals surface area contributed by atoms with E-state index in [0.29, 0.717) is 23.4 Å². The monoisotopic (exact) mass is 378 g/mol. The molecule has 0 fully saturated rings. The Morgan fingerprint density at radius 2 is 1.72 bits per heavy atom. The number of carbonyl (C=O) groups excluding carboxylic acids is 1. The fraction of sp³-hybridized carbons (Fsp3) is 0.278. The van der Waals surface area contributed by atoms with Crippen LogP contribution in [0.2, 0.25) is 0 Å². The number of nitrogens with two attached hydrogens (primary N) is 1. The molecular formula is C18H22N2O3S2. The minimum Gasteiger partial charge on any atom is -0.326 e. The van der Waals surface area contributed by atoms with Crippen molar-refractivity contribution in [3.8, 4) is 0 Å². The summed E-state index contributed by atoms with van der Waals surface area (Å²) in [5, 5.41) is 7.90. The van der Waals surface area contributed by atoms with Gasteiger partial charge in [0, 0.05) is 22.8 Å². The largest absolute Gasteiger partial charge is 0.326 e. The maximum atomic E-state index is 12.1. The summed E-state index contributed by atoms with van der Waals surface area (Å²) in [6, 6.07) is 10.9. The van der Waals surface area contributed by atoms with Gasteiger partial charge in [-0.15, -0.1) is 11.8 Å². The van der Waals surface area contributed by atoms with Crippen LogP contribution in [-0.4, -0.2) is 20.1 Å². The number of hydrogen-bond acceptors (Lipinski definition) is 4. The molecule has 0 aliphatic carbocycles. The zero-order chi connectivity index (χ0) is 18.6. The molecule has 0 aromatic heterocycles. The molecule has 0 bridgehead atoms. The second-order valence-corrected chi connectivity index (χ2v) is 8.62. The third-order valence-electron chi connectivity index (χ3n) is 3.85. The van der Waals surface area contributed by atoms with E-state index in [1.165, 1.54) is 17.2 Å². The van der Waals surface area contributed by atoms with E-state index in [-0.39, 0.29) is 10.8 Å². The van der Waals surface area contributed by atoms with E-state index in [9.17, 15) is 13.2 Å². The van der Waals surface area contributed by atoms with E-state index in [4.69, 9.17) is 5.14 Å². The molecule has 0 unspecified atom stereocenters. The van der Waals surface area contributed by atoms with E-state index in [1.807, 2.05) is 6.07 Å². The summed E-state index contributed by atoms with van der Waals surface area (Å²) in [6.07, 6.45) is 0.330. The standard InChI is InChI=1S/C18H22N2O3S2/c1-12-5-7-16(10-14(12)3)24-9-8-18(21)20-15-6-4-13(2)17(11-15)25(19,22)23/h4-7,10-11H,8-9H2,1-3H3,(H,20,21)(H2,19,22,23). The molecule has 0 atom stereocenters. The summed E-state index contributed by atoms with van der Waals surface area (Å²) in [5.74, 6) is 0.475. The van der Waals surface area contributed by atoms with Crippen LogP contribution in [0.15, 0.2) is 46.2 Å². The third kappa shape index (κ3) is 5.59. The van der Waals surface area contributed by atoms with Crippen molar-refractivity contribution in [2.75, 3.05) is 11.1 Å². The Kier molecular flexibility index (Phi) is 6.26. The number of anilines is 1. The summed E-state index contributed by atoms with van der Waals surface area (Å²) in [5.41, 5.74) is 3.44. The first-order valence-electron chi connectivity index (χ1n) is 7.80. The Hall–Kier alpha value is -1.83. The fourth-order valence-corrected chi connectivity index (χ4v) is 4.03. The van der Waals surface area contributed by atoms with Gasteiger partial charge in [0.2, 0.25) is 15.9 Å². The normalized spacial score (nSPS) is 11.4. The molecule has 1 amide bonds. The second kappa shape index (κ2) is 8.03. The molecule has 3 N–H and O–H groups in total. The van der Waals surface area contributed by atoms with Gasteiger partial charge in [-0.2, -0.15) is 0 Å². The average molecular weight is 379 g/mol. The first-order chi connectivity index (χ1) is 11.7. The number of rotatable bonds is 6. The van der Waals surface area contributed by atoms with Crippen molar-refractivity contribution < 1.29 is 13.2 Å². The molecule has 2 aromatic carbocycles. The summed E-state index contributed by atoms with van der Waals surface area (Å²) < 4.78 is 23.1. The maximum absolute atomic E-state index is 12.1. The van der Waals surface area contributed by atoms with Crippen LogP contribution in [0.1, 0.15) is 23.1 Å². The lowest BCUT2D eigenvalue weighted by atomic mass is 10.1. The van der Waals surface area contributed by atoms with Crippen LogP contribution >= 0.6 is 11.8 Å². The highest BCUT2D eigenvalue weighted by Crippen LogP contribution is 2.22. The maximum Gasteiger partial charge on any atom is 0.238 e. The van der Waals surface area contributed by atoms with E-state index >= 15 is 0 Å². The van der Waals surface area contributed by atoms with Crippen molar-refractivity contribution in [3.05, 3.63) is 53.1 Å². The number of nitrogens with one attached hydrogen (secondary N) is 1. The van der Waals surface area contributed by atoms with Gasteiger partial charge >= 0.3 is 0 Å². The van der Waals surface area contributed by atoms with Crippen LogP contribution in [0.25, 0.3) is 0 Å². The van der Waals surface area contributed by atoms with Crippen molar-refractivity contribution in [1.29, 1.82) is 0 Å². The number of carbonyl (C=O) groups is 1. The van der Waals surface area contributed by atoms with Gasteiger partial charge in [-0.25, -0.2) is 13.6 Å². The lowest BCUT2D eigenvalue weighted by Crippen LogP contribution is -2.16. The lowest BCUT2D eigenvalue weighted by molar-refractivity contribution is -0.115. The SMILES string of the molecule is Cc1ccc(SCCC(=O)Nc2ccc(C)c(S(N)(=O)=O)c2)cc1C. The van der Waals surface area contributed by atoms with Crippen molar-refractivity contribution in [2.24, 2.45) is 5.14 Å². The molecule has 134 valence electrons. The zero-order valence-electron chi connectivity index (χ0n) is 14.5. The average Bonchev–Trinajstić information content (AvgIpc) is 2.51. The molecule has 25 heavy (non-hydrogen) atoms. The van der Waals surface area contributed by atoms with Gasteiger partial charge in [0.05, 0.1) is 4.90 Å². The van der Waals surface area contributed by atoms with Gasteiger partial charge in [0.1, 0.15) is 0 Å². The minimum atomic E-state index is -3.81. The summed E-state index contributed by atoms with van der Waals surface area (Å²) in [4.78, 5) is 13.2. The van der Waals surface area contributed by atoms with E-state index in [0.717, 1.165) is 4.90 Å². The Bertz CT molecular complexity index is 893. The lowest BCUT2D eigenvalue weighted by Gasteiger charge is -2.09. The number of amides is 1. The molecule has 0 aliphatic heterocycles. The number of primary sulfonamides is 1. The first-order valence-corrected chi connectivity index (χ1v) is 10.3. The molecule has 5 nitrogen and oxygen atoms in total. The summed E-state index contributed by atoms with van der Waals surface area (Å²) in [7, 11) is -3.81. The van der Waals surface area contributed by atoms with Crippen LogP contribution in [0.3, 0.4) is 0 Å². The Morgan fingerprint density at radius 3 is 2.36 bits per heavy atom. The van der Waals surface area contributed by atoms with Gasteiger partial charge in [-0.05, 0) is 61.7 Å². The number of thioether (sulfide) groups is 1. The van der Waals surface area contributed by atoms with Gasteiger partial charge < -0.3 is 5.32 Å². The quantitative estimate of drug-likeness (QED) is 0.754. The molecule has 0 saturated carbocycles. The molecule has 0 aliphatic rings. The van der Waals surface area contributed by atoms with Crippen molar-refractivity contribution in [1.82, 2.24) is 0 Å².